The Kier molecular flexibility index (Phi) is 5.89. The quantitative estimate of drug-likeness (QED) is 0.597. The second-order valence-corrected chi connectivity index (χ2v) is 6.27. The summed E-state index contributed by atoms with van der Waals surface area (Å²) in [6.07, 6.45) is 3.19. The van der Waals surface area contributed by atoms with Gasteiger partial charge in [-0.05, 0) is 50.4 Å². The average molecular weight is 254 g/mol. The molecule has 0 saturated carbocycles. The molecular weight excluding hydrogens is 236 g/mol. The summed E-state index contributed by atoms with van der Waals surface area (Å²) in [5.41, 5.74) is -0.354. The van der Waals surface area contributed by atoms with Gasteiger partial charge in [0.05, 0.1) is 10.3 Å². The van der Waals surface area contributed by atoms with Gasteiger partial charge in [-0.3, -0.25) is 0 Å². The van der Waals surface area contributed by atoms with Gasteiger partial charge < -0.3 is 5.32 Å². The molecule has 1 aromatic rings. The fraction of sp³-hybridized carbons (Fsp3) is 0.583. The molecule has 0 saturated heterocycles. The third-order valence-electron chi connectivity index (χ3n) is 2.61. The number of nitrogens with zero attached hydrogens (tertiary/aromatic N) is 1. The summed E-state index contributed by atoms with van der Waals surface area (Å²) >= 11 is 3.70. The molecule has 1 N–H and O–H groups in total. The van der Waals surface area contributed by atoms with Crippen molar-refractivity contribution in [1.82, 2.24) is 5.32 Å². The Balaban J connectivity index is 2.11. The molecule has 0 fully saturated rings. The highest BCUT2D eigenvalue weighted by molar-refractivity contribution is 8.01. The van der Waals surface area contributed by atoms with E-state index in [2.05, 4.69) is 28.9 Å². The molecule has 4 heteroatoms. The lowest BCUT2D eigenvalue weighted by atomic mass is 9.97. The van der Waals surface area contributed by atoms with Crippen molar-refractivity contribution in [3.05, 3.63) is 17.5 Å². The number of hydrogen-bond donors (Lipinski definition) is 1. The first-order valence-electron chi connectivity index (χ1n) is 5.47. The molecule has 1 heterocycles. The monoisotopic (exact) mass is 254 g/mol. The molecular formula is C12H18N2S2. The molecule has 0 bridgehead atoms. The van der Waals surface area contributed by atoms with Crippen LogP contribution in [0.15, 0.2) is 21.7 Å². The lowest BCUT2D eigenvalue weighted by Gasteiger charge is -2.20. The van der Waals surface area contributed by atoms with Crippen LogP contribution in [0.3, 0.4) is 0 Å². The van der Waals surface area contributed by atoms with Crippen molar-refractivity contribution in [1.29, 1.82) is 5.26 Å². The van der Waals surface area contributed by atoms with Crippen molar-refractivity contribution >= 4 is 23.1 Å². The molecule has 88 valence electrons. The van der Waals surface area contributed by atoms with E-state index >= 15 is 0 Å². The summed E-state index contributed by atoms with van der Waals surface area (Å²) in [7, 11) is 1.85. The van der Waals surface area contributed by atoms with Crippen LogP contribution in [0, 0.1) is 11.3 Å². The fourth-order valence-electron chi connectivity index (χ4n) is 1.34. The molecule has 1 atom stereocenters. The minimum Gasteiger partial charge on any atom is -0.303 e. The SMILES string of the molecule is CNC(C)(C#N)CCCCSc1cccs1. The van der Waals surface area contributed by atoms with E-state index < -0.39 is 0 Å². The molecule has 0 spiro atoms. The number of thiophene rings is 1. The van der Waals surface area contributed by atoms with E-state index in [0.717, 1.165) is 18.6 Å². The van der Waals surface area contributed by atoms with E-state index in [1.165, 1.54) is 10.6 Å². The van der Waals surface area contributed by atoms with Crippen molar-refractivity contribution in [2.45, 2.75) is 35.9 Å². The Labute approximate surface area is 106 Å². The van der Waals surface area contributed by atoms with Gasteiger partial charge in [-0.2, -0.15) is 5.26 Å². The van der Waals surface area contributed by atoms with Crippen LogP contribution in [0.1, 0.15) is 26.2 Å². The summed E-state index contributed by atoms with van der Waals surface area (Å²) in [6.45, 7) is 1.96. The maximum Gasteiger partial charge on any atom is 0.103 e. The largest absolute Gasteiger partial charge is 0.303 e. The lowest BCUT2D eigenvalue weighted by molar-refractivity contribution is 0.439. The molecule has 16 heavy (non-hydrogen) atoms. The third kappa shape index (κ3) is 4.56. The van der Waals surface area contributed by atoms with Gasteiger partial charge in [0.1, 0.15) is 5.54 Å². The highest BCUT2D eigenvalue weighted by Gasteiger charge is 2.19. The predicted octanol–water partition coefficient (Wildman–Crippen LogP) is 3.51. The molecule has 0 aliphatic heterocycles. The van der Waals surface area contributed by atoms with E-state index in [4.69, 9.17) is 5.26 Å². The minimum absolute atomic E-state index is 0.354. The zero-order valence-electron chi connectivity index (χ0n) is 9.82. The first kappa shape index (κ1) is 13.6. The highest BCUT2D eigenvalue weighted by atomic mass is 32.2. The maximum atomic E-state index is 8.98. The molecule has 0 amide bonds. The molecule has 0 radical (unpaired) electrons. The second kappa shape index (κ2) is 6.95. The Morgan fingerprint density at radius 2 is 2.38 bits per heavy atom. The van der Waals surface area contributed by atoms with Crippen LogP contribution >= 0.6 is 23.1 Å². The maximum absolute atomic E-state index is 8.98. The van der Waals surface area contributed by atoms with Gasteiger partial charge in [0, 0.05) is 0 Å². The number of rotatable bonds is 7. The van der Waals surface area contributed by atoms with E-state index in [1.807, 2.05) is 25.7 Å². The van der Waals surface area contributed by atoms with Crippen molar-refractivity contribution in [3.8, 4) is 6.07 Å². The van der Waals surface area contributed by atoms with E-state index in [9.17, 15) is 0 Å². The van der Waals surface area contributed by atoms with E-state index in [0.29, 0.717) is 0 Å². The standard InChI is InChI=1S/C12H18N2S2/c1-12(10-13,14-2)7-3-4-8-15-11-6-5-9-16-11/h5-6,9,14H,3-4,7-8H2,1-2H3. The second-order valence-electron chi connectivity index (χ2n) is 3.93. The number of nitrogens with one attached hydrogen (secondary N) is 1. The number of hydrogen-bond acceptors (Lipinski definition) is 4. The summed E-state index contributed by atoms with van der Waals surface area (Å²) in [5.74, 6) is 1.14. The number of thioether (sulfide) groups is 1. The van der Waals surface area contributed by atoms with Crippen LogP contribution in [0.2, 0.25) is 0 Å². The summed E-state index contributed by atoms with van der Waals surface area (Å²) in [4.78, 5) is 0. The first-order chi connectivity index (χ1) is 7.70. The van der Waals surface area contributed by atoms with Gasteiger partial charge in [0.25, 0.3) is 0 Å². The minimum atomic E-state index is -0.354. The third-order valence-corrected chi connectivity index (χ3v) is 4.83. The van der Waals surface area contributed by atoms with Crippen LogP contribution in [0.4, 0.5) is 0 Å². The smallest absolute Gasteiger partial charge is 0.103 e. The molecule has 1 rings (SSSR count). The Bertz CT molecular complexity index is 329. The predicted molar refractivity (Wildman–Crippen MR) is 72.0 cm³/mol. The van der Waals surface area contributed by atoms with Gasteiger partial charge in [-0.1, -0.05) is 6.07 Å². The van der Waals surface area contributed by atoms with Gasteiger partial charge in [-0.15, -0.1) is 23.1 Å². The van der Waals surface area contributed by atoms with Gasteiger partial charge in [-0.25, -0.2) is 0 Å². The zero-order valence-corrected chi connectivity index (χ0v) is 11.5. The number of nitriles is 1. The molecule has 0 aromatic carbocycles. The van der Waals surface area contributed by atoms with Crippen LogP contribution in [0.25, 0.3) is 0 Å². The average Bonchev–Trinajstić information content (AvgIpc) is 2.81. The lowest BCUT2D eigenvalue weighted by Crippen LogP contribution is -2.37. The topological polar surface area (TPSA) is 35.8 Å². The molecule has 0 aliphatic carbocycles. The summed E-state index contributed by atoms with van der Waals surface area (Å²) in [5, 5.41) is 14.1. The van der Waals surface area contributed by atoms with Gasteiger partial charge in [0.15, 0.2) is 0 Å². The van der Waals surface area contributed by atoms with Crippen LogP contribution in [-0.4, -0.2) is 18.3 Å². The van der Waals surface area contributed by atoms with Crippen LogP contribution in [0.5, 0.6) is 0 Å². The van der Waals surface area contributed by atoms with E-state index in [1.54, 1.807) is 11.3 Å². The first-order valence-corrected chi connectivity index (χ1v) is 7.33. The van der Waals surface area contributed by atoms with Crippen molar-refractivity contribution in [2.75, 3.05) is 12.8 Å². The zero-order chi connectivity index (χ0) is 11.9. The molecule has 0 aliphatic rings. The molecule has 1 aromatic heterocycles. The summed E-state index contributed by atoms with van der Waals surface area (Å²) in [6, 6.07) is 6.56. The van der Waals surface area contributed by atoms with Gasteiger partial charge in [0.2, 0.25) is 0 Å². The molecule has 2 nitrogen and oxygen atoms in total. The van der Waals surface area contributed by atoms with Crippen LogP contribution in [-0.2, 0) is 0 Å². The van der Waals surface area contributed by atoms with Gasteiger partial charge >= 0.3 is 0 Å². The fourth-order valence-corrected chi connectivity index (χ4v) is 3.20. The number of unbranched alkanes of at least 4 members (excludes halogenated alkanes) is 1. The van der Waals surface area contributed by atoms with Crippen LogP contribution < -0.4 is 5.32 Å². The normalized spacial score (nSPS) is 14.3. The van der Waals surface area contributed by atoms with Crippen molar-refractivity contribution < 1.29 is 0 Å². The van der Waals surface area contributed by atoms with Crippen molar-refractivity contribution in [2.24, 2.45) is 0 Å². The Hall–Kier alpha value is -0.500. The summed E-state index contributed by atoms with van der Waals surface area (Å²) < 4.78 is 1.39. The Morgan fingerprint density at radius 3 is 2.94 bits per heavy atom. The Morgan fingerprint density at radius 1 is 1.56 bits per heavy atom. The van der Waals surface area contributed by atoms with Crippen molar-refractivity contribution in [3.63, 3.8) is 0 Å². The van der Waals surface area contributed by atoms with E-state index in [-0.39, 0.29) is 5.54 Å². The molecule has 1 unspecified atom stereocenters. The highest BCUT2D eigenvalue weighted by Crippen LogP contribution is 2.25.